The van der Waals surface area contributed by atoms with Gasteiger partial charge in [0.15, 0.2) is 34.4 Å². The number of nitrogen functional groups attached to an aromatic ring is 3. The van der Waals surface area contributed by atoms with E-state index in [1.807, 2.05) is 0 Å². The van der Waals surface area contributed by atoms with Crippen molar-refractivity contribution in [3.8, 4) is 0 Å². The summed E-state index contributed by atoms with van der Waals surface area (Å²) in [6.07, 6.45) is -3.68. The van der Waals surface area contributed by atoms with Gasteiger partial charge >= 0.3 is 23.5 Å². The molecule has 11 atom stereocenters. The van der Waals surface area contributed by atoms with E-state index in [4.69, 9.17) is 54.0 Å². The first-order valence-corrected chi connectivity index (χ1v) is 23.4. The second kappa shape index (κ2) is 17.2. The van der Waals surface area contributed by atoms with Gasteiger partial charge in [0, 0.05) is 19.3 Å². The molecule has 6 aromatic heterocycles. The zero-order valence-electron chi connectivity index (χ0n) is 32.6. The van der Waals surface area contributed by atoms with Crippen LogP contribution in [0, 0.1) is 0 Å². The number of aliphatic hydroxyl groups is 1. The summed E-state index contributed by atoms with van der Waals surface area (Å²) in [5.41, 5.74) is 19.2. The molecule has 0 saturated carbocycles. The standard InChI is InChI=1S/C30H38N15O16P3/c31-25-22-28(37-7-34-25)43(10-40-22)19-1-13(16(4-46)56-19)60-63(50,51)55-6-18-15(3-21(58-18)45-12-42-24-27(33)36-9-39-30(24)45)61-64(52,53)54-5-17-14(59-62(47,48)49)2-20(57-17)44-11-41-23-26(32)35-8-38-29(23)44/h7-21,46H,1-6H2,(H,50,51)(H,52,53)(H2,31,34,37)(H2,32,35,38)(H2,33,36,39)(H2,47,48,49)/t13?,14?,15?,16-,17-,18-,19-,20-,21-/m1/s1. The van der Waals surface area contributed by atoms with Gasteiger partial charge in [-0.15, -0.1) is 0 Å². The average molecular weight is 958 g/mol. The quantitative estimate of drug-likeness (QED) is 0.0572. The van der Waals surface area contributed by atoms with Crippen LogP contribution in [0.25, 0.3) is 33.5 Å². The summed E-state index contributed by atoms with van der Waals surface area (Å²) in [5, 5.41) is 10.1. The number of phosphoric ester groups is 3. The van der Waals surface area contributed by atoms with E-state index in [2.05, 4.69) is 44.9 Å². The molecule has 9 heterocycles. The topological polar surface area (TPSA) is 435 Å². The number of rotatable bonds is 16. The van der Waals surface area contributed by atoms with E-state index in [0.29, 0.717) is 5.65 Å². The first-order valence-electron chi connectivity index (χ1n) is 18.9. The highest BCUT2D eigenvalue weighted by atomic mass is 31.2. The second-order valence-electron chi connectivity index (χ2n) is 14.5. The van der Waals surface area contributed by atoms with Crippen LogP contribution in [0.5, 0.6) is 0 Å². The highest BCUT2D eigenvalue weighted by Gasteiger charge is 2.47. The number of hydrogen-bond acceptors (Lipinski definition) is 24. The summed E-state index contributed by atoms with van der Waals surface area (Å²) in [5.74, 6) is 0.228. The van der Waals surface area contributed by atoms with Gasteiger partial charge in [0.25, 0.3) is 0 Å². The molecule has 3 fully saturated rings. The minimum Gasteiger partial charge on any atom is -0.394 e. The van der Waals surface area contributed by atoms with Gasteiger partial charge in [-0.1, -0.05) is 0 Å². The van der Waals surface area contributed by atoms with Crippen molar-refractivity contribution in [2.45, 2.75) is 74.6 Å². The molecule has 0 amide bonds. The monoisotopic (exact) mass is 957 g/mol. The van der Waals surface area contributed by atoms with E-state index >= 15 is 0 Å². The molecule has 0 spiro atoms. The van der Waals surface area contributed by atoms with Crippen LogP contribution in [0.3, 0.4) is 0 Å². The zero-order valence-corrected chi connectivity index (χ0v) is 35.3. The van der Waals surface area contributed by atoms with Crippen LogP contribution >= 0.6 is 23.5 Å². The van der Waals surface area contributed by atoms with Gasteiger partial charge in [0.2, 0.25) is 0 Å². The Morgan fingerprint density at radius 1 is 0.547 bits per heavy atom. The van der Waals surface area contributed by atoms with Crippen molar-refractivity contribution in [2.75, 3.05) is 37.0 Å². The third-order valence-electron chi connectivity index (χ3n) is 10.4. The Labute approximate surface area is 357 Å². The van der Waals surface area contributed by atoms with Crippen LogP contribution in [-0.4, -0.2) is 140 Å². The number of ether oxygens (including phenoxy) is 3. The Bertz CT molecular complexity index is 2830. The van der Waals surface area contributed by atoms with Crippen LogP contribution in [0.15, 0.2) is 38.0 Å². The third kappa shape index (κ3) is 9.07. The van der Waals surface area contributed by atoms with E-state index < -0.39 is 98.6 Å². The van der Waals surface area contributed by atoms with Gasteiger partial charge in [-0.25, -0.2) is 58.6 Å². The molecule has 64 heavy (non-hydrogen) atoms. The van der Waals surface area contributed by atoms with Crippen LogP contribution in [0.4, 0.5) is 17.5 Å². The minimum atomic E-state index is -5.17. The number of nitrogens with zero attached hydrogens (tertiary/aromatic N) is 12. The van der Waals surface area contributed by atoms with Gasteiger partial charge in [-0.2, -0.15) is 0 Å². The number of anilines is 3. The van der Waals surface area contributed by atoms with Gasteiger partial charge in [-0.3, -0.25) is 36.3 Å². The maximum Gasteiger partial charge on any atom is 0.472 e. The lowest BCUT2D eigenvalue weighted by Gasteiger charge is -2.24. The fourth-order valence-electron chi connectivity index (χ4n) is 7.57. The van der Waals surface area contributed by atoms with E-state index in [1.165, 1.54) is 51.7 Å². The van der Waals surface area contributed by atoms with E-state index in [1.54, 1.807) is 0 Å². The lowest BCUT2D eigenvalue weighted by molar-refractivity contribution is -0.0597. The third-order valence-corrected chi connectivity index (χ3v) is 13.0. The number of hydrogen-bond donors (Lipinski definition) is 8. The summed E-state index contributed by atoms with van der Waals surface area (Å²) in [4.78, 5) is 78.1. The van der Waals surface area contributed by atoms with Crippen molar-refractivity contribution in [2.24, 2.45) is 0 Å². The Balaban J connectivity index is 0.898. The van der Waals surface area contributed by atoms with Gasteiger partial charge in [0.1, 0.15) is 90.8 Å². The summed E-state index contributed by atoms with van der Waals surface area (Å²) in [7, 11) is -15.3. The lowest BCUT2D eigenvalue weighted by atomic mass is 10.2. The molecule has 0 bridgehead atoms. The molecule has 34 heteroatoms. The maximum absolute atomic E-state index is 13.6. The van der Waals surface area contributed by atoms with E-state index in [9.17, 15) is 38.4 Å². The molecule has 31 nitrogen and oxygen atoms in total. The molecule has 344 valence electrons. The number of nitrogens with two attached hydrogens (primary N) is 3. The first kappa shape index (κ1) is 44.4. The number of imidazole rings is 3. The zero-order chi connectivity index (χ0) is 45.1. The Morgan fingerprint density at radius 2 is 0.891 bits per heavy atom. The first-order chi connectivity index (χ1) is 30.5. The van der Waals surface area contributed by atoms with Crippen molar-refractivity contribution >= 4 is 74.4 Å². The van der Waals surface area contributed by atoms with E-state index in [0.717, 1.165) is 0 Å². The summed E-state index contributed by atoms with van der Waals surface area (Å²) in [6, 6.07) is 0. The smallest absolute Gasteiger partial charge is 0.394 e. The minimum absolute atomic E-state index is 0.0510. The molecule has 0 aromatic carbocycles. The summed E-state index contributed by atoms with van der Waals surface area (Å²) >= 11 is 0. The van der Waals surface area contributed by atoms with Crippen molar-refractivity contribution in [3.05, 3.63) is 38.0 Å². The molecule has 3 aliphatic heterocycles. The van der Waals surface area contributed by atoms with Crippen LogP contribution in [0.1, 0.15) is 37.9 Å². The Morgan fingerprint density at radius 3 is 1.25 bits per heavy atom. The summed E-state index contributed by atoms with van der Waals surface area (Å²) < 4.78 is 88.0. The van der Waals surface area contributed by atoms with Gasteiger partial charge in [-0.05, 0) is 0 Å². The molecule has 11 N–H and O–H groups in total. The van der Waals surface area contributed by atoms with Crippen LogP contribution < -0.4 is 17.2 Å². The maximum atomic E-state index is 13.6. The molecule has 6 aromatic rings. The summed E-state index contributed by atoms with van der Waals surface area (Å²) in [6.45, 7) is -2.19. The lowest BCUT2D eigenvalue weighted by Crippen LogP contribution is -2.31. The SMILES string of the molecule is Nc1ncnc2c1ncn2[C@H]1CC(OP(=O)(O)O)[C@@H](COP(=O)(O)OC2C[C@H](n3cnc4c(N)ncnc43)O[C@@H]2COP(=O)(O)OC2C[C@H](n3cnc4c(N)ncnc43)O[C@@H]2CO)O1. The van der Waals surface area contributed by atoms with Crippen molar-refractivity contribution in [1.82, 2.24) is 58.6 Å². The van der Waals surface area contributed by atoms with Crippen molar-refractivity contribution in [3.63, 3.8) is 0 Å². The highest BCUT2D eigenvalue weighted by Crippen LogP contribution is 2.53. The van der Waals surface area contributed by atoms with Crippen LogP contribution in [0.2, 0.25) is 0 Å². The van der Waals surface area contributed by atoms with Crippen molar-refractivity contribution in [1.29, 1.82) is 0 Å². The normalized spacial score (nSPS) is 28.4. The molecule has 0 aliphatic carbocycles. The number of aliphatic hydroxyl groups excluding tert-OH is 1. The highest BCUT2D eigenvalue weighted by molar-refractivity contribution is 7.47. The second-order valence-corrected chi connectivity index (χ2v) is 18.5. The number of aromatic nitrogens is 12. The largest absolute Gasteiger partial charge is 0.472 e. The number of phosphoric acid groups is 3. The Hall–Kier alpha value is -4.78. The molecular formula is C30H38N15O16P3. The molecule has 9 rings (SSSR count). The van der Waals surface area contributed by atoms with Crippen molar-refractivity contribution < 1.29 is 75.2 Å². The van der Waals surface area contributed by atoms with E-state index in [-0.39, 0.29) is 64.6 Å². The molecule has 3 saturated heterocycles. The Kier molecular flexibility index (Phi) is 12.0. The fourth-order valence-corrected chi connectivity index (χ4v) is 10.1. The molecule has 0 radical (unpaired) electrons. The average Bonchev–Trinajstić information content (AvgIpc) is 4.09. The molecular weight excluding hydrogens is 919 g/mol. The fraction of sp³-hybridized carbons (Fsp3) is 0.500. The number of fused-ring (bicyclic) bond motifs is 3. The van der Waals surface area contributed by atoms with Gasteiger partial charge < -0.3 is 56.1 Å². The predicted molar refractivity (Wildman–Crippen MR) is 210 cm³/mol. The molecule has 5 unspecified atom stereocenters. The predicted octanol–water partition coefficient (Wildman–Crippen LogP) is -0.410. The van der Waals surface area contributed by atoms with Crippen LogP contribution in [-0.2, 0) is 50.5 Å². The molecule has 3 aliphatic rings. The van der Waals surface area contributed by atoms with Gasteiger partial charge in [0.05, 0.1) is 38.8 Å².